The zero-order valence-electron chi connectivity index (χ0n) is 11.9. The van der Waals surface area contributed by atoms with Crippen LogP contribution in [0.3, 0.4) is 0 Å². The number of hydrogen-bond acceptors (Lipinski definition) is 1. The molecule has 2 rings (SSSR count). The molecule has 0 radical (unpaired) electrons. The normalized spacial score (nSPS) is 14.1. The Morgan fingerprint density at radius 3 is 2.50 bits per heavy atom. The predicted molar refractivity (Wildman–Crippen MR) is 88.3 cm³/mol. The fraction of sp³-hybridized carbons (Fsp3) is 0.294. The van der Waals surface area contributed by atoms with Crippen LogP contribution in [0.5, 0.6) is 0 Å². The molecule has 0 aliphatic rings. The van der Waals surface area contributed by atoms with Crippen molar-refractivity contribution in [2.45, 2.75) is 32.8 Å². The van der Waals surface area contributed by atoms with Gasteiger partial charge in [0.05, 0.1) is 5.60 Å². The minimum Gasteiger partial charge on any atom is -0.385 e. The molecule has 0 aliphatic carbocycles. The smallest absolute Gasteiger partial charge is 0.0923 e. The molecule has 1 N–H and O–H groups in total. The van der Waals surface area contributed by atoms with Gasteiger partial charge in [-0.25, -0.2) is 0 Å². The highest BCUT2D eigenvalue weighted by Gasteiger charge is 2.26. The van der Waals surface area contributed by atoms with Crippen molar-refractivity contribution in [3.05, 3.63) is 68.1 Å². The van der Waals surface area contributed by atoms with Crippen LogP contribution in [0.2, 0.25) is 5.02 Å². The Labute approximate surface area is 133 Å². The largest absolute Gasteiger partial charge is 0.385 e. The average molecular weight is 354 g/mol. The van der Waals surface area contributed by atoms with Crippen molar-refractivity contribution in [1.29, 1.82) is 0 Å². The first-order chi connectivity index (χ1) is 9.29. The van der Waals surface area contributed by atoms with E-state index in [1.54, 1.807) is 0 Å². The molecule has 1 atom stereocenters. The topological polar surface area (TPSA) is 20.2 Å². The molecule has 106 valence electrons. The predicted octanol–water partition coefficient (Wildman–Crippen LogP) is 5.17. The third-order valence-corrected chi connectivity index (χ3v) is 4.36. The second-order valence-electron chi connectivity index (χ2n) is 5.50. The second kappa shape index (κ2) is 5.88. The van der Waals surface area contributed by atoms with Crippen molar-refractivity contribution < 1.29 is 5.11 Å². The standard InChI is InChI=1S/C17H18BrClO/c1-11-4-5-12(2)13(8-11)10-17(3,20)15-7-6-14(18)9-16(15)19/h4-9,20H,10H2,1-3H3. The molecule has 0 spiro atoms. The number of benzene rings is 2. The minimum atomic E-state index is -0.990. The summed E-state index contributed by atoms with van der Waals surface area (Å²) >= 11 is 9.65. The lowest BCUT2D eigenvalue weighted by Crippen LogP contribution is -2.25. The van der Waals surface area contributed by atoms with Crippen LogP contribution < -0.4 is 0 Å². The summed E-state index contributed by atoms with van der Waals surface area (Å²) in [4.78, 5) is 0. The quantitative estimate of drug-likeness (QED) is 0.807. The van der Waals surface area contributed by atoms with Crippen LogP contribution in [-0.2, 0) is 12.0 Å². The SMILES string of the molecule is Cc1ccc(C)c(CC(C)(O)c2ccc(Br)cc2Cl)c1. The Morgan fingerprint density at radius 1 is 1.15 bits per heavy atom. The summed E-state index contributed by atoms with van der Waals surface area (Å²) in [7, 11) is 0. The molecule has 2 aromatic rings. The minimum absolute atomic E-state index is 0.544. The van der Waals surface area contributed by atoms with Crippen molar-refractivity contribution in [2.75, 3.05) is 0 Å². The maximum Gasteiger partial charge on any atom is 0.0923 e. The summed E-state index contributed by atoms with van der Waals surface area (Å²) in [5, 5.41) is 11.4. The lowest BCUT2D eigenvalue weighted by atomic mass is 9.87. The first-order valence-electron chi connectivity index (χ1n) is 6.53. The summed E-state index contributed by atoms with van der Waals surface area (Å²) in [5.74, 6) is 0. The van der Waals surface area contributed by atoms with E-state index in [2.05, 4.69) is 48.0 Å². The van der Waals surface area contributed by atoms with Gasteiger partial charge >= 0.3 is 0 Å². The van der Waals surface area contributed by atoms with Crippen molar-refractivity contribution >= 4 is 27.5 Å². The first kappa shape index (κ1) is 15.6. The molecule has 2 aromatic carbocycles. The average Bonchev–Trinajstić information content (AvgIpc) is 2.33. The molecule has 0 heterocycles. The molecule has 1 nitrogen and oxygen atoms in total. The molecule has 0 aromatic heterocycles. The lowest BCUT2D eigenvalue weighted by molar-refractivity contribution is 0.0575. The van der Waals surface area contributed by atoms with Crippen LogP contribution in [0.25, 0.3) is 0 Å². The third kappa shape index (κ3) is 3.43. The molecular weight excluding hydrogens is 336 g/mol. The molecule has 0 bridgehead atoms. The highest BCUT2D eigenvalue weighted by Crippen LogP contribution is 2.33. The van der Waals surface area contributed by atoms with E-state index >= 15 is 0 Å². The molecule has 0 amide bonds. The zero-order valence-corrected chi connectivity index (χ0v) is 14.2. The molecular formula is C17H18BrClO. The van der Waals surface area contributed by atoms with Crippen LogP contribution in [0.15, 0.2) is 40.9 Å². The lowest BCUT2D eigenvalue weighted by Gasteiger charge is -2.26. The Balaban J connectivity index is 2.37. The van der Waals surface area contributed by atoms with Gasteiger partial charge in [-0.05, 0) is 44.0 Å². The Bertz CT molecular complexity index is 635. The maximum absolute atomic E-state index is 10.8. The monoisotopic (exact) mass is 352 g/mol. The van der Waals surface area contributed by atoms with Crippen molar-refractivity contribution in [2.24, 2.45) is 0 Å². The van der Waals surface area contributed by atoms with Crippen molar-refractivity contribution in [3.63, 3.8) is 0 Å². The number of hydrogen-bond donors (Lipinski definition) is 1. The van der Waals surface area contributed by atoms with Crippen LogP contribution in [0, 0.1) is 13.8 Å². The van der Waals surface area contributed by atoms with Crippen LogP contribution in [0.4, 0.5) is 0 Å². The number of rotatable bonds is 3. The van der Waals surface area contributed by atoms with E-state index in [4.69, 9.17) is 11.6 Å². The zero-order chi connectivity index (χ0) is 14.9. The van der Waals surface area contributed by atoms with Gasteiger partial charge in [0.1, 0.15) is 0 Å². The molecule has 0 aliphatic heterocycles. The molecule has 0 saturated carbocycles. The van der Waals surface area contributed by atoms with Gasteiger partial charge in [0.15, 0.2) is 0 Å². The summed E-state index contributed by atoms with van der Waals surface area (Å²) in [6.07, 6.45) is 0.544. The summed E-state index contributed by atoms with van der Waals surface area (Å²) in [6.45, 7) is 5.93. The maximum atomic E-state index is 10.8. The Morgan fingerprint density at radius 2 is 1.85 bits per heavy atom. The van der Waals surface area contributed by atoms with E-state index in [1.165, 1.54) is 11.1 Å². The van der Waals surface area contributed by atoms with Crippen LogP contribution >= 0.6 is 27.5 Å². The molecule has 20 heavy (non-hydrogen) atoms. The Hall–Kier alpha value is -0.830. The van der Waals surface area contributed by atoms with Gasteiger partial charge < -0.3 is 5.11 Å². The van der Waals surface area contributed by atoms with Crippen molar-refractivity contribution in [1.82, 2.24) is 0 Å². The van der Waals surface area contributed by atoms with Gasteiger partial charge in [-0.15, -0.1) is 0 Å². The van der Waals surface area contributed by atoms with Gasteiger partial charge in [0, 0.05) is 21.5 Å². The fourth-order valence-electron chi connectivity index (χ4n) is 2.38. The summed E-state index contributed by atoms with van der Waals surface area (Å²) in [5.41, 5.74) is 3.29. The number of aliphatic hydroxyl groups is 1. The molecule has 0 fully saturated rings. The Kier molecular flexibility index (Phi) is 4.58. The molecule has 0 saturated heterocycles. The van der Waals surface area contributed by atoms with Gasteiger partial charge in [-0.3, -0.25) is 0 Å². The van der Waals surface area contributed by atoms with E-state index in [0.717, 1.165) is 15.6 Å². The molecule has 3 heteroatoms. The van der Waals surface area contributed by atoms with E-state index in [1.807, 2.05) is 25.1 Å². The first-order valence-corrected chi connectivity index (χ1v) is 7.71. The van der Waals surface area contributed by atoms with E-state index < -0.39 is 5.60 Å². The number of halogens is 2. The summed E-state index contributed by atoms with van der Waals surface area (Å²) < 4.78 is 0.911. The fourth-order valence-corrected chi connectivity index (χ4v) is 3.26. The van der Waals surface area contributed by atoms with E-state index in [9.17, 15) is 5.11 Å². The third-order valence-electron chi connectivity index (χ3n) is 3.55. The molecule has 1 unspecified atom stereocenters. The van der Waals surface area contributed by atoms with E-state index in [0.29, 0.717) is 11.4 Å². The van der Waals surface area contributed by atoms with Gasteiger partial charge in [-0.2, -0.15) is 0 Å². The van der Waals surface area contributed by atoms with Gasteiger partial charge in [0.2, 0.25) is 0 Å². The van der Waals surface area contributed by atoms with Gasteiger partial charge in [-0.1, -0.05) is 57.4 Å². The number of aryl methyl sites for hydroxylation is 2. The van der Waals surface area contributed by atoms with Gasteiger partial charge in [0.25, 0.3) is 0 Å². The highest BCUT2D eigenvalue weighted by molar-refractivity contribution is 9.10. The van der Waals surface area contributed by atoms with Crippen LogP contribution in [0.1, 0.15) is 29.2 Å². The highest BCUT2D eigenvalue weighted by atomic mass is 79.9. The summed E-state index contributed by atoms with van der Waals surface area (Å²) in [6, 6.07) is 11.9. The van der Waals surface area contributed by atoms with Crippen molar-refractivity contribution in [3.8, 4) is 0 Å². The van der Waals surface area contributed by atoms with Crippen LogP contribution in [-0.4, -0.2) is 5.11 Å². The second-order valence-corrected chi connectivity index (χ2v) is 6.83. The van der Waals surface area contributed by atoms with E-state index in [-0.39, 0.29) is 0 Å².